The first-order valence-corrected chi connectivity index (χ1v) is 8.88. The van der Waals surface area contributed by atoms with Gasteiger partial charge in [-0.3, -0.25) is 4.98 Å². The molecular weight excluding hydrogens is 304 g/mol. The maximum atomic E-state index is 5.71. The molecule has 1 fully saturated rings. The molecule has 0 aromatic carbocycles. The van der Waals surface area contributed by atoms with Crippen LogP contribution in [0.3, 0.4) is 0 Å². The van der Waals surface area contributed by atoms with Gasteiger partial charge in [-0.1, -0.05) is 6.07 Å². The number of nitrogens with one attached hydrogen (secondary N) is 2. The van der Waals surface area contributed by atoms with E-state index in [2.05, 4.69) is 27.5 Å². The third-order valence-corrected chi connectivity index (χ3v) is 3.82. The Bertz CT molecular complexity index is 502. The first kappa shape index (κ1) is 18.7. The van der Waals surface area contributed by atoms with Crippen LogP contribution in [0, 0.1) is 12.8 Å². The Morgan fingerprint density at radius 2 is 2.33 bits per heavy atom. The normalized spacial score (nSPS) is 17.9. The summed E-state index contributed by atoms with van der Waals surface area (Å²) in [4.78, 5) is 9.05. The third kappa shape index (κ3) is 7.27. The predicted octanol–water partition coefficient (Wildman–Crippen LogP) is 1.89. The second-order valence-electron chi connectivity index (χ2n) is 6.05. The maximum absolute atomic E-state index is 5.71. The summed E-state index contributed by atoms with van der Waals surface area (Å²) in [6.45, 7) is 9.63. The van der Waals surface area contributed by atoms with Gasteiger partial charge in [-0.15, -0.1) is 0 Å². The number of pyridine rings is 1. The summed E-state index contributed by atoms with van der Waals surface area (Å²) in [7, 11) is 0. The molecule has 1 saturated heterocycles. The molecule has 1 aliphatic heterocycles. The lowest BCUT2D eigenvalue weighted by Crippen LogP contribution is -2.38. The summed E-state index contributed by atoms with van der Waals surface area (Å²) in [6, 6.07) is 6.01. The van der Waals surface area contributed by atoms with Crippen molar-refractivity contribution in [2.45, 2.75) is 33.2 Å². The monoisotopic (exact) mass is 334 g/mol. The van der Waals surface area contributed by atoms with Crippen LogP contribution in [0.25, 0.3) is 0 Å². The number of hydrogen-bond acceptors (Lipinski definition) is 4. The van der Waals surface area contributed by atoms with Crippen molar-refractivity contribution >= 4 is 5.96 Å². The van der Waals surface area contributed by atoms with Crippen molar-refractivity contribution in [3.8, 4) is 0 Å². The van der Waals surface area contributed by atoms with Crippen LogP contribution in [-0.4, -0.2) is 50.5 Å². The van der Waals surface area contributed by atoms with Crippen molar-refractivity contribution in [2.24, 2.45) is 10.9 Å². The van der Waals surface area contributed by atoms with Crippen LogP contribution in [0.5, 0.6) is 0 Å². The van der Waals surface area contributed by atoms with E-state index in [9.17, 15) is 0 Å². The minimum atomic E-state index is 0.579. The summed E-state index contributed by atoms with van der Waals surface area (Å²) in [6.07, 6.45) is 2.09. The van der Waals surface area contributed by atoms with Gasteiger partial charge in [0, 0.05) is 37.9 Å². The molecule has 0 saturated carbocycles. The molecule has 6 nitrogen and oxygen atoms in total. The van der Waals surface area contributed by atoms with E-state index in [0.29, 0.717) is 12.5 Å². The number of aromatic nitrogens is 1. The maximum Gasteiger partial charge on any atom is 0.191 e. The fraction of sp³-hybridized carbons (Fsp3) is 0.667. The minimum Gasteiger partial charge on any atom is -0.381 e. The van der Waals surface area contributed by atoms with Gasteiger partial charge in [-0.25, -0.2) is 4.99 Å². The molecule has 2 N–H and O–H groups in total. The van der Waals surface area contributed by atoms with Crippen molar-refractivity contribution in [2.75, 3.05) is 39.5 Å². The highest BCUT2D eigenvalue weighted by molar-refractivity contribution is 5.79. The zero-order valence-electron chi connectivity index (χ0n) is 14.9. The summed E-state index contributed by atoms with van der Waals surface area (Å²) in [5.41, 5.74) is 2.00. The Balaban J connectivity index is 1.63. The Morgan fingerprint density at radius 3 is 3.08 bits per heavy atom. The molecule has 2 heterocycles. The van der Waals surface area contributed by atoms with Crippen molar-refractivity contribution in [3.63, 3.8) is 0 Å². The lowest BCUT2D eigenvalue weighted by atomic mass is 10.1. The lowest BCUT2D eigenvalue weighted by Gasteiger charge is -2.12. The molecule has 2 rings (SSSR count). The number of rotatable bonds is 9. The number of ether oxygens (including phenoxy) is 2. The predicted molar refractivity (Wildman–Crippen MR) is 96.2 cm³/mol. The summed E-state index contributed by atoms with van der Waals surface area (Å²) < 4.78 is 11.1. The summed E-state index contributed by atoms with van der Waals surface area (Å²) >= 11 is 0. The van der Waals surface area contributed by atoms with Gasteiger partial charge in [0.2, 0.25) is 0 Å². The van der Waals surface area contributed by atoms with Gasteiger partial charge < -0.3 is 20.1 Å². The molecule has 0 radical (unpaired) electrons. The van der Waals surface area contributed by atoms with Gasteiger partial charge in [0.1, 0.15) is 0 Å². The quantitative estimate of drug-likeness (QED) is 0.410. The highest BCUT2D eigenvalue weighted by atomic mass is 16.5. The molecular formula is C18H30N4O2. The first-order chi connectivity index (χ1) is 11.8. The van der Waals surface area contributed by atoms with E-state index in [1.54, 1.807) is 0 Å². The minimum absolute atomic E-state index is 0.579. The van der Waals surface area contributed by atoms with E-state index < -0.39 is 0 Å². The molecule has 1 atom stereocenters. The van der Waals surface area contributed by atoms with E-state index in [0.717, 1.165) is 69.7 Å². The average Bonchev–Trinajstić information content (AvgIpc) is 3.09. The Morgan fingerprint density at radius 1 is 1.42 bits per heavy atom. The van der Waals surface area contributed by atoms with Gasteiger partial charge in [0.25, 0.3) is 0 Å². The van der Waals surface area contributed by atoms with Gasteiger partial charge in [-0.05, 0) is 38.8 Å². The average molecular weight is 334 g/mol. The first-order valence-electron chi connectivity index (χ1n) is 8.88. The van der Waals surface area contributed by atoms with Crippen LogP contribution in [0.4, 0.5) is 0 Å². The molecule has 6 heteroatoms. The molecule has 1 aromatic rings. The second kappa shape index (κ2) is 11.0. The van der Waals surface area contributed by atoms with E-state index in [4.69, 9.17) is 9.47 Å². The molecule has 1 aliphatic rings. The number of guanidine groups is 1. The van der Waals surface area contributed by atoms with Crippen molar-refractivity contribution in [1.29, 1.82) is 0 Å². The van der Waals surface area contributed by atoms with Crippen LogP contribution in [0.1, 0.15) is 31.2 Å². The number of aliphatic imine (C=N–C) groups is 1. The van der Waals surface area contributed by atoms with E-state index >= 15 is 0 Å². The van der Waals surface area contributed by atoms with Crippen LogP contribution in [0.2, 0.25) is 0 Å². The van der Waals surface area contributed by atoms with Gasteiger partial charge in [-0.2, -0.15) is 0 Å². The van der Waals surface area contributed by atoms with Crippen LogP contribution in [0.15, 0.2) is 23.2 Å². The smallest absolute Gasteiger partial charge is 0.191 e. The molecule has 1 unspecified atom stereocenters. The highest BCUT2D eigenvalue weighted by Gasteiger charge is 2.15. The summed E-state index contributed by atoms with van der Waals surface area (Å²) in [5, 5.41) is 6.60. The Hall–Kier alpha value is -1.66. The molecule has 1 aromatic heterocycles. The second-order valence-corrected chi connectivity index (χ2v) is 6.05. The number of aryl methyl sites for hydroxylation is 1. The van der Waals surface area contributed by atoms with E-state index in [-0.39, 0.29) is 0 Å². The van der Waals surface area contributed by atoms with E-state index in [1.807, 2.05) is 25.1 Å². The highest BCUT2D eigenvalue weighted by Crippen LogP contribution is 2.12. The van der Waals surface area contributed by atoms with Crippen LogP contribution >= 0.6 is 0 Å². The van der Waals surface area contributed by atoms with Crippen molar-refractivity contribution in [1.82, 2.24) is 15.6 Å². The molecule has 0 spiro atoms. The van der Waals surface area contributed by atoms with Gasteiger partial charge >= 0.3 is 0 Å². The van der Waals surface area contributed by atoms with Crippen molar-refractivity contribution in [3.05, 3.63) is 29.6 Å². The van der Waals surface area contributed by atoms with Gasteiger partial charge in [0.05, 0.1) is 25.5 Å². The molecule has 134 valence electrons. The number of hydrogen-bond donors (Lipinski definition) is 2. The number of nitrogens with zero attached hydrogens (tertiary/aromatic N) is 2. The summed E-state index contributed by atoms with van der Waals surface area (Å²) in [5.74, 6) is 1.41. The standard InChI is InChI=1S/C18H30N4O2/c1-3-19-18(21-12-17-7-4-6-15(2)22-17)20-9-5-10-23-13-16-8-11-24-14-16/h4,6-7,16H,3,5,8-14H2,1-2H3,(H2,19,20,21). The van der Waals surface area contributed by atoms with Crippen LogP contribution < -0.4 is 10.6 Å². The zero-order chi connectivity index (χ0) is 17.0. The van der Waals surface area contributed by atoms with E-state index in [1.165, 1.54) is 0 Å². The zero-order valence-corrected chi connectivity index (χ0v) is 14.9. The largest absolute Gasteiger partial charge is 0.381 e. The molecule has 0 amide bonds. The molecule has 24 heavy (non-hydrogen) atoms. The third-order valence-electron chi connectivity index (χ3n) is 3.82. The van der Waals surface area contributed by atoms with Gasteiger partial charge in [0.15, 0.2) is 5.96 Å². The Kier molecular flexibility index (Phi) is 8.55. The lowest BCUT2D eigenvalue weighted by molar-refractivity contribution is 0.0888. The fourth-order valence-corrected chi connectivity index (χ4v) is 2.54. The Labute approximate surface area is 145 Å². The van der Waals surface area contributed by atoms with Crippen molar-refractivity contribution < 1.29 is 9.47 Å². The fourth-order valence-electron chi connectivity index (χ4n) is 2.54. The van der Waals surface area contributed by atoms with Crippen LogP contribution in [-0.2, 0) is 16.0 Å². The molecule has 0 bridgehead atoms. The molecule has 0 aliphatic carbocycles. The topological polar surface area (TPSA) is 67.8 Å². The SMILES string of the molecule is CCNC(=NCc1cccc(C)n1)NCCCOCC1CCOC1.